The molecule has 2 amide bonds. The summed E-state index contributed by atoms with van der Waals surface area (Å²) in [5.41, 5.74) is 0.999. The van der Waals surface area contributed by atoms with E-state index in [0.29, 0.717) is 18.8 Å². The summed E-state index contributed by atoms with van der Waals surface area (Å²) in [4.78, 5) is 28.4. The molecule has 0 saturated carbocycles. The van der Waals surface area contributed by atoms with Gasteiger partial charge in [0.2, 0.25) is 11.8 Å². The lowest BCUT2D eigenvalue weighted by Gasteiger charge is -2.46. The molecule has 0 N–H and O–H groups in total. The van der Waals surface area contributed by atoms with Crippen molar-refractivity contribution in [2.75, 3.05) is 40.9 Å². The van der Waals surface area contributed by atoms with E-state index >= 15 is 0 Å². The zero-order valence-corrected chi connectivity index (χ0v) is 18.0. The van der Waals surface area contributed by atoms with Crippen LogP contribution in [-0.2, 0) is 20.7 Å². The van der Waals surface area contributed by atoms with Gasteiger partial charge >= 0.3 is 0 Å². The molecule has 2 aliphatic rings. The van der Waals surface area contributed by atoms with Crippen molar-refractivity contribution in [1.82, 2.24) is 9.80 Å². The van der Waals surface area contributed by atoms with Gasteiger partial charge in [-0.25, -0.2) is 0 Å². The number of hydrogen-bond acceptors (Lipinski definition) is 4. The molecule has 29 heavy (non-hydrogen) atoms. The smallest absolute Gasteiger partial charge is 0.222 e. The van der Waals surface area contributed by atoms with E-state index in [2.05, 4.69) is 0 Å². The summed E-state index contributed by atoms with van der Waals surface area (Å²) in [6, 6.07) is 7.90. The summed E-state index contributed by atoms with van der Waals surface area (Å²) >= 11 is 0. The standard InChI is InChI=1S/C23H34N2O4/c1-24(2)22(27)16-19-10-15-29-23(17-19)11-13-25(14-12-23)21(26)9-6-18-4-7-20(28-3)8-5-18/h4-5,7-8,19H,6,9-17H2,1-3H3. The van der Waals surface area contributed by atoms with Crippen LogP contribution in [0, 0.1) is 5.92 Å². The zero-order chi connectivity index (χ0) is 20.9. The lowest BCUT2D eigenvalue weighted by molar-refractivity contribution is -0.149. The molecule has 0 aromatic heterocycles. The van der Waals surface area contributed by atoms with Crippen LogP contribution in [0.1, 0.15) is 44.1 Å². The molecule has 1 aromatic carbocycles. The second-order valence-corrected chi connectivity index (χ2v) is 8.61. The number of hydrogen-bond donors (Lipinski definition) is 0. The highest BCUT2D eigenvalue weighted by atomic mass is 16.5. The molecule has 1 spiro atoms. The number of piperidine rings is 1. The number of likely N-dealkylation sites (tertiary alicyclic amines) is 1. The maximum absolute atomic E-state index is 12.7. The molecule has 3 rings (SSSR count). The highest BCUT2D eigenvalue weighted by Gasteiger charge is 2.41. The van der Waals surface area contributed by atoms with E-state index < -0.39 is 0 Å². The van der Waals surface area contributed by atoms with Gasteiger partial charge in [0.1, 0.15) is 5.75 Å². The van der Waals surface area contributed by atoms with Gasteiger partial charge in [-0.15, -0.1) is 0 Å². The Morgan fingerprint density at radius 3 is 2.52 bits per heavy atom. The molecule has 1 aromatic rings. The van der Waals surface area contributed by atoms with Crippen LogP contribution in [0.15, 0.2) is 24.3 Å². The molecular formula is C23H34N2O4. The van der Waals surface area contributed by atoms with Crippen LogP contribution in [0.4, 0.5) is 0 Å². The fraction of sp³-hybridized carbons (Fsp3) is 0.652. The highest BCUT2D eigenvalue weighted by Crippen LogP contribution is 2.39. The van der Waals surface area contributed by atoms with Crippen LogP contribution < -0.4 is 4.74 Å². The van der Waals surface area contributed by atoms with Crippen LogP contribution >= 0.6 is 0 Å². The molecule has 1 atom stereocenters. The first-order valence-corrected chi connectivity index (χ1v) is 10.7. The van der Waals surface area contributed by atoms with Crippen LogP contribution in [0.2, 0.25) is 0 Å². The first-order valence-electron chi connectivity index (χ1n) is 10.7. The Morgan fingerprint density at radius 2 is 1.90 bits per heavy atom. The van der Waals surface area contributed by atoms with Crippen LogP contribution in [0.25, 0.3) is 0 Å². The maximum atomic E-state index is 12.7. The van der Waals surface area contributed by atoms with Gasteiger partial charge in [0.15, 0.2) is 0 Å². The number of ether oxygens (including phenoxy) is 2. The largest absolute Gasteiger partial charge is 0.497 e. The Hall–Kier alpha value is -2.08. The van der Waals surface area contributed by atoms with E-state index in [1.165, 1.54) is 0 Å². The summed E-state index contributed by atoms with van der Waals surface area (Å²) < 4.78 is 11.4. The van der Waals surface area contributed by atoms with E-state index in [1.54, 1.807) is 12.0 Å². The molecule has 0 bridgehead atoms. The number of nitrogens with zero attached hydrogens (tertiary/aromatic N) is 2. The van der Waals surface area contributed by atoms with Crippen molar-refractivity contribution in [3.63, 3.8) is 0 Å². The Balaban J connectivity index is 1.46. The molecule has 2 aliphatic heterocycles. The Labute approximate surface area is 174 Å². The predicted molar refractivity (Wildman–Crippen MR) is 112 cm³/mol. The molecule has 1 unspecified atom stereocenters. The van der Waals surface area contributed by atoms with Gasteiger partial charge < -0.3 is 19.3 Å². The average Bonchev–Trinajstić information content (AvgIpc) is 2.73. The first kappa shape index (κ1) is 21.6. The summed E-state index contributed by atoms with van der Waals surface area (Å²) in [5, 5.41) is 0. The fourth-order valence-electron chi connectivity index (χ4n) is 4.45. The third-order valence-corrected chi connectivity index (χ3v) is 6.37. The molecule has 6 heteroatoms. The topological polar surface area (TPSA) is 59.1 Å². The number of benzene rings is 1. The number of methoxy groups -OCH3 is 1. The Morgan fingerprint density at radius 1 is 1.21 bits per heavy atom. The van der Waals surface area contributed by atoms with E-state index in [9.17, 15) is 9.59 Å². The van der Waals surface area contributed by atoms with E-state index in [0.717, 1.165) is 63.1 Å². The summed E-state index contributed by atoms with van der Waals surface area (Å²) in [6.45, 7) is 2.21. The van der Waals surface area contributed by atoms with Gasteiger partial charge in [-0.05, 0) is 55.7 Å². The third-order valence-electron chi connectivity index (χ3n) is 6.37. The molecule has 0 aliphatic carbocycles. The highest BCUT2D eigenvalue weighted by molar-refractivity contribution is 5.76. The minimum absolute atomic E-state index is 0.151. The van der Waals surface area contributed by atoms with Crippen LogP contribution in [0.5, 0.6) is 5.75 Å². The third kappa shape index (κ3) is 5.72. The molecule has 2 heterocycles. The molecule has 6 nitrogen and oxygen atoms in total. The normalized spacial score (nSPS) is 21.1. The van der Waals surface area contributed by atoms with Crippen LogP contribution in [-0.4, -0.2) is 68.1 Å². The summed E-state index contributed by atoms with van der Waals surface area (Å²) in [7, 11) is 5.28. The van der Waals surface area contributed by atoms with Gasteiger partial charge in [0.05, 0.1) is 12.7 Å². The number of carbonyl (C=O) groups is 2. The lowest BCUT2D eigenvalue weighted by Crippen LogP contribution is -2.51. The van der Waals surface area contributed by atoms with Crippen molar-refractivity contribution >= 4 is 11.8 Å². The van der Waals surface area contributed by atoms with Gasteiger partial charge in [-0.2, -0.15) is 0 Å². The van der Waals surface area contributed by atoms with Crippen molar-refractivity contribution in [3.8, 4) is 5.75 Å². The minimum Gasteiger partial charge on any atom is -0.497 e. The van der Waals surface area contributed by atoms with Crippen molar-refractivity contribution < 1.29 is 19.1 Å². The predicted octanol–water partition coefficient (Wildman–Crippen LogP) is 2.89. The fourth-order valence-corrected chi connectivity index (χ4v) is 4.45. The van der Waals surface area contributed by atoms with E-state index in [4.69, 9.17) is 9.47 Å². The maximum Gasteiger partial charge on any atom is 0.222 e. The average molecular weight is 403 g/mol. The SMILES string of the molecule is COc1ccc(CCC(=O)N2CCC3(CC2)CC(CC(=O)N(C)C)CCO3)cc1. The van der Waals surface area contributed by atoms with Crippen LogP contribution in [0.3, 0.4) is 0 Å². The Bertz CT molecular complexity index is 693. The second kappa shape index (κ2) is 9.61. The number of amides is 2. The number of rotatable bonds is 6. The Kier molecular flexibility index (Phi) is 7.17. The molecule has 2 saturated heterocycles. The van der Waals surface area contributed by atoms with Gasteiger partial charge in [-0.3, -0.25) is 9.59 Å². The van der Waals surface area contributed by atoms with Crippen molar-refractivity contribution in [3.05, 3.63) is 29.8 Å². The summed E-state index contributed by atoms with van der Waals surface area (Å²) in [6.07, 6.45) is 5.49. The molecular weight excluding hydrogens is 368 g/mol. The van der Waals surface area contributed by atoms with Gasteiger partial charge in [0, 0.05) is 46.6 Å². The molecule has 0 radical (unpaired) electrons. The van der Waals surface area contributed by atoms with E-state index in [-0.39, 0.29) is 17.4 Å². The first-order chi connectivity index (χ1) is 13.9. The van der Waals surface area contributed by atoms with Crippen molar-refractivity contribution in [2.45, 2.75) is 50.5 Å². The lowest BCUT2D eigenvalue weighted by atomic mass is 9.78. The van der Waals surface area contributed by atoms with E-state index in [1.807, 2.05) is 43.3 Å². The minimum atomic E-state index is -0.151. The quantitative estimate of drug-likeness (QED) is 0.734. The molecule has 160 valence electrons. The van der Waals surface area contributed by atoms with Gasteiger partial charge in [-0.1, -0.05) is 12.1 Å². The zero-order valence-electron chi connectivity index (χ0n) is 18.0. The number of aryl methyl sites for hydroxylation is 1. The monoisotopic (exact) mass is 402 g/mol. The van der Waals surface area contributed by atoms with Gasteiger partial charge in [0.25, 0.3) is 0 Å². The number of carbonyl (C=O) groups excluding carboxylic acids is 2. The summed E-state index contributed by atoms with van der Waals surface area (Å²) in [5.74, 6) is 1.62. The van der Waals surface area contributed by atoms with Crippen molar-refractivity contribution in [1.29, 1.82) is 0 Å². The van der Waals surface area contributed by atoms with Crippen molar-refractivity contribution in [2.24, 2.45) is 5.92 Å². The molecule has 2 fully saturated rings. The second-order valence-electron chi connectivity index (χ2n) is 8.61.